The number of hydrogen-bond acceptors (Lipinski definition) is 4. The van der Waals surface area contributed by atoms with Crippen molar-refractivity contribution in [3.8, 4) is 0 Å². The number of aliphatic imine (C=N–C) groups is 1. The molecule has 1 aromatic rings. The lowest BCUT2D eigenvalue weighted by Crippen LogP contribution is -2.57. The van der Waals surface area contributed by atoms with Crippen molar-refractivity contribution in [1.82, 2.24) is 15.1 Å². The number of rotatable bonds is 5. The van der Waals surface area contributed by atoms with Gasteiger partial charge in [-0.1, -0.05) is 29.8 Å². The van der Waals surface area contributed by atoms with Gasteiger partial charge in [0.05, 0.1) is 23.1 Å². The molecule has 2 heterocycles. The van der Waals surface area contributed by atoms with Crippen LogP contribution in [0, 0.1) is 6.92 Å². The molecular formula is C22H36N4O2S. The third-order valence-electron chi connectivity index (χ3n) is 6.14. The average molecular weight is 421 g/mol. The summed E-state index contributed by atoms with van der Waals surface area (Å²) in [5, 5.41) is 3.39. The first kappa shape index (κ1) is 22.1. The highest BCUT2D eigenvalue weighted by Crippen LogP contribution is 2.27. The number of sulfone groups is 1. The number of hydrogen-bond donors (Lipinski definition) is 1. The Balaban J connectivity index is 1.82. The van der Waals surface area contributed by atoms with E-state index in [1.807, 2.05) is 13.8 Å². The lowest BCUT2D eigenvalue weighted by atomic mass is 10.0. The highest BCUT2D eigenvalue weighted by atomic mass is 32.2. The first-order valence-corrected chi connectivity index (χ1v) is 12.4. The first-order valence-electron chi connectivity index (χ1n) is 10.8. The fourth-order valence-electron chi connectivity index (χ4n) is 4.20. The van der Waals surface area contributed by atoms with E-state index < -0.39 is 14.6 Å². The van der Waals surface area contributed by atoms with E-state index in [4.69, 9.17) is 4.99 Å². The van der Waals surface area contributed by atoms with Gasteiger partial charge in [-0.15, -0.1) is 0 Å². The molecule has 2 aliphatic rings. The summed E-state index contributed by atoms with van der Waals surface area (Å²) < 4.78 is 24.0. The third kappa shape index (κ3) is 5.12. The number of likely N-dealkylation sites (tertiary alicyclic amines) is 1. The standard InChI is InChI=1S/C22H36N4O2S/c1-5-23-21(26-14-15-29(27,28)22(3,4)17-26)24-16-20(25-12-6-7-13-25)19-10-8-18(2)9-11-19/h8-11,20H,5-7,12-17H2,1-4H3,(H,23,24). The lowest BCUT2D eigenvalue weighted by molar-refractivity contribution is 0.250. The van der Waals surface area contributed by atoms with Crippen molar-refractivity contribution in [2.24, 2.45) is 4.99 Å². The zero-order chi connectivity index (χ0) is 21.1. The molecule has 0 aromatic heterocycles. The summed E-state index contributed by atoms with van der Waals surface area (Å²) in [6.07, 6.45) is 2.48. The van der Waals surface area contributed by atoms with Crippen LogP contribution in [0.1, 0.15) is 50.8 Å². The zero-order valence-electron chi connectivity index (χ0n) is 18.3. The van der Waals surface area contributed by atoms with E-state index in [1.54, 1.807) is 0 Å². The summed E-state index contributed by atoms with van der Waals surface area (Å²) in [5.41, 5.74) is 2.57. The van der Waals surface area contributed by atoms with Crippen molar-refractivity contribution in [3.63, 3.8) is 0 Å². The molecule has 0 amide bonds. The van der Waals surface area contributed by atoms with Gasteiger partial charge in [0.25, 0.3) is 0 Å². The second-order valence-corrected chi connectivity index (χ2v) is 11.6. The van der Waals surface area contributed by atoms with Crippen LogP contribution in [0.25, 0.3) is 0 Å². The van der Waals surface area contributed by atoms with E-state index in [2.05, 4.69) is 53.2 Å². The van der Waals surface area contributed by atoms with Gasteiger partial charge in [-0.3, -0.25) is 9.89 Å². The largest absolute Gasteiger partial charge is 0.357 e. The van der Waals surface area contributed by atoms with Crippen LogP contribution in [-0.4, -0.2) is 73.9 Å². The van der Waals surface area contributed by atoms with Crippen molar-refractivity contribution in [2.45, 2.75) is 51.3 Å². The van der Waals surface area contributed by atoms with E-state index in [-0.39, 0.29) is 11.8 Å². The van der Waals surface area contributed by atoms with Crippen LogP contribution < -0.4 is 5.32 Å². The molecule has 162 valence electrons. The molecule has 0 radical (unpaired) electrons. The smallest absolute Gasteiger partial charge is 0.194 e. The van der Waals surface area contributed by atoms with E-state index in [1.165, 1.54) is 24.0 Å². The van der Waals surface area contributed by atoms with Gasteiger partial charge >= 0.3 is 0 Å². The van der Waals surface area contributed by atoms with Crippen molar-refractivity contribution in [3.05, 3.63) is 35.4 Å². The fraction of sp³-hybridized carbons (Fsp3) is 0.682. The Hall–Kier alpha value is -1.60. The predicted molar refractivity (Wildman–Crippen MR) is 120 cm³/mol. The second kappa shape index (κ2) is 9.04. The number of nitrogens with one attached hydrogen (secondary N) is 1. The lowest BCUT2D eigenvalue weighted by Gasteiger charge is -2.39. The van der Waals surface area contributed by atoms with Gasteiger partial charge in [0.15, 0.2) is 15.8 Å². The van der Waals surface area contributed by atoms with Crippen LogP contribution in [0.2, 0.25) is 0 Å². The zero-order valence-corrected chi connectivity index (χ0v) is 19.1. The summed E-state index contributed by atoms with van der Waals surface area (Å²) in [5.74, 6) is 1.00. The van der Waals surface area contributed by atoms with Gasteiger partial charge in [-0.25, -0.2) is 8.42 Å². The minimum Gasteiger partial charge on any atom is -0.357 e. The maximum absolute atomic E-state index is 12.4. The van der Waals surface area contributed by atoms with Gasteiger partial charge in [-0.2, -0.15) is 0 Å². The first-order chi connectivity index (χ1) is 13.7. The minimum absolute atomic E-state index is 0.179. The molecule has 2 saturated heterocycles. The summed E-state index contributed by atoms with van der Waals surface area (Å²) in [4.78, 5) is 9.63. The summed E-state index contributed by atoms with van der Waals surface area (Å²) in [7, 11) is -3.07. The number of aryl methyl sites for hydroxylation is 1. The number of nitrogens with zero attached hydrogens (tertiary/aromatic N) is 3. The second-order valence-electron chi connectivity index (χ2n) is 8.86. The van der Waals surface area contributed by atoms with Crippen LogP contribution in [0.3, 0.4) is 0 Å². The molecule has 7 heteroatoms. The van der Waals surface area contributed by atoms with Crippen molar-refractivity contribution in [2.75, 3.05) is 45.0 Å². The molecule has 0 aliphatic carbocycles. The quantitative estimate of drug-likeness (QED) is 0.586. The molecule has 2 fully saturated rings. The SMILES string of the molecule is CCNC(=NCC(c1ccc(C)cc1)N1CCCC1)N1CCS(=O)(=O)C(C)(C)C1. The summed E-state index contributed by atoms with van der Waals surface area (Å²) in [6, 6.07) is 9.04. The van der Waals surface area contributed by atoms with Gasteiger partial charge in [0.2, 0.25) is 0 Å². The van der Waals surface area contributed by atoms with E-state index >= 15 is 0 Å². The monoisotopic (exact) mass is 420 g/mol. The molecule has 2 aliphatic heterocycles. The highest BCUT2D eigenvalue weighted by molar-refractivity contribution is 7.92. The Morgan fingerprint density at radius 3 is 2.41 bits per heavy atom. The Labute approximate surface area is 176 Å². The normalized spacial score (nSPS) is 23.2. The molecule has 1 aromatic carbocycles. The molecule has 1 N–H and O–H groups in total. The fourth-order valence-corrected chi connectivity index (χ4v) is 5.56. The van der Waals surface area contributed by atoms with Gasteiger partial charge in [0, 0.05) is 19.6 Å². The maximum Gasteiger partial charge on any atom is 0.194 e. The van der Waals surface area contributed by atoms with Crippen LogP contribution >= 0.6 is 0 Å². The van der Waals surface area contributed by atoms with E-state index in [0.717, 1.165) is 25.6 Å². The average Bonchev–Trinajstić information content (AvgIpc) is 3.19. The minimum atomic E-state index is -3.07. The molecule has 3 rings (SSSR count). The summed E-state index contributed by atoms with van der Waals surface area (Å²) >= 11 is 0. The molecular weight excluding hydrogens is 384 g/mol. The topological polar surface area (TPSA) is 65.0 Å². The van der Waals surface area contributed by atoms with Crippen molar-refractivity contribution >= 4 is 15.8 Å². The maximum atomic E-state index is 12.4. The molecule has 0 saturated carbocycles. The molecule has 29 heavy (non-hydrogen) atoms. The van der Waals surface area contributed by atoms with Crippen molar-refractivity contribution < 1.29 is 8.42 Å². The highest BCUT2D eigenvalue weighted by Gasteiger charge is 2.41. The van der Waals surface area contributed by atoms with E-state index in [0.29, 0.717) is 19.6 Å². The Morgan fingerprint density at radius 2 is 1.83 bits per heavy atom. The van der Waals surface area contributed by atoms with Crippen LogP contribution in [-0.2, 0) is 9.84 Å². The van der Waals surface area contributed by atoms with Crippen molar-refractivity contribution in [1.29, 1.82) is 0 Å². The Morgan fingerprint density at radius 1 is 1.17 bits per heavy atom. The molecule has 6 nitrogen and oxygen atoms in total. The third-order valence-corrected chi connectivity index (χ3v) is 8.67. The van der Waals surface area contributed by atoms with Crippen LogP contribution in [0.4, 0.5) is 0 Å². The number of benzene rings is 1. The molecule has 0 bridgehead atoms. The van der Waals surface area contributed by atoms with Gasteiger partial charge < -0.3 is 10.2 Å². The summed E-state index contributed by atoms with van der Waals surface area (Å²) in [6.45, 7) is 12.4. The van der Waals surface area contributed by atoms with E-state index in [9.17, 15) is 8.42 Å². The van der Waals surface area contributed by atoms with Crippen LogP contribution in [0.5, 0.6) is 0 Å². The van der Waals surface area contributed by atoms with Gasteiger partial charge in [-0.05, 0) is 59.2 Å². The predicted octanol–water partition coefficient (Wildman–Crippen LogP) is 2.61. The molecule has 1 unspecified atom stereocenters. The Bertz CT molecular complexity index is 812. The molecule has 1 atom stereocenters. The Kier molecular flexibility index (Phi) is 6.89. The van der Waals surface area contributed by atoms with Crippen LogP contribution in [0.15, 0.2) is 29.3 Å². The molecule has 0 spiro atoms. The number of guanidine groups is 1. The van der Waals surface area contributed by atoms with Gasteiger partial charge in [0.1, 0.15) is 0 Å².